The molecule has 1 aliphatic heterocycles. The average molecular weight is 282 g/mol. The molecule has 1 atom stereocenters. The van der Waals surface area contributed by atoms with E-state index >= 15 is 0 Å². The Balaban J connectivity index is 2.21. The molecule has 0 amide bonds. The maximum atomic E-state index is 11.7. The minimum absolute atomic E-state index is 0.0168. The van der Waals surface area contributed by atoms with Crippen LogP contribution in [0, 0.1) is 11.8 Å². The SMILES string of the molecule is CCOC(=O)C1CC[NH+](C[C@@H](C)CCC=C(C)C)CC1. The van der Waals surface area contributed by atoms with Crippen LogP contribution >= 0.6 is 0 Å². The molecule has 0 spiro atoms. The highest BCUT2D eigenvalue weighted by Crippen LogP contribution is 2.12. The third-order valence-corrected chi connectivity index (χ3v) is 4.16. The number of carbonyl (C=O) groups is 1. The van der Waals surface area contributed by atoms with Crippen molar-refractivity contribution in [3.63, 3.8) is 0 Å². The molecule has 0 aliphatic carbocycles. The number of piperidine rings is 1. The fraction of sp³-hybridized carbons (Fsp3) is 0.824. The van der Waals surface area contributed by atoms with Crippen molar-refractivity contribution in [2.24, 2.45) is 11.8 Å². The zero-order chi connectivity index (χ0) is 15.0. The number of esters is 1. The number of hydrogen-bond acceptors (Lipinski definition) is 2. The molecule has 1 aliphatic rings. The second-order valence-electron chi connectivity index (χ2n) is 6.44. The lowest BCUT2D eigenvalue weighted by Crippen LogP contribution is -3.13. The highest BCUT2D eigenvalue weighted by molar-refractivity contribution is 5.72. The Labute approximate surface area is 124 Å². The second-order valence-corrected chi connectivity index (χ2v) is 6.44. The van der Waals surface area contributed by atoms with E-state index in [9.17, 15) is 4.79 Å². The molecular formula is C17H32NO2+. The van der Waals surface area contributed by atoms with E-state index in [0.29, 0.717) is 6.61 Å². The number of allylic oxidation sites excluding steroid dienone is 2. The van der Waals surface area contributed by atoms with Crippen molar-refractivity contribution in [3.05, 3.63) is 11.6 Å². The van der Waals surface area contributed by atoms with Crippen LogP contribution in [0.1, 0.15) is 53.4 Å². The van der Waals surface area contributed by atoms with Crippen molar-refractivity contribution in [1.29, 1.82) is 0 Å². The van der Waals surface area contributed by atoms with Gasteiger partial charge >= 0.3 is 5.97 Å². The van der Waals surface area contributed by atoms with Crippen LogP contribution in [0.15, 0.2) is 11.6 Å². The lowest BCUT2D eigenvalue weighted by molar-refractivity contribution is -0.909. The number of hydrogen-bond donors (Lipinski definition) is 1. The van der Waals surface area contributed by atoms with E-state index in [-0.39, 0.29) is 11.9 Å². The molecule has 1 saturated heterocycles. The first-order valence-electron chi connectivity index (χ1n) is 8.16. The summed E-state index contributed by atoms with van der Waals surface area (Å²) in [5, 5.41) is 0. The maximum Gasteiger partial charge on any atom is 0.309 e. The zero-order valence-electron chi connectivity index (χ0n) is 13.7. The number of quaternary nitrogens is 1. The van der Waals surface area contributed by atoms with E-state index in [1.165, 1.54) is 25.0 Å². The summed E-state index contributed by atoms with van der Waals surface area (Å²) in [7, 11) is 0. The standard InChI is InChI=1S/C17H31NO2/c1-5-20-17(19)16-9-11-18(12-10-16)13-15(4)8-6-7-14(2)3/h7,15-16H,5-6,8-13H2,1-4H3/p+1/t15-/m0/s1. The van der Waals surface area contributed by atoms with Crippen molar-refractivity contribution >= 4 is 5.97 Å². The molecule has 0 unspecified atom stereocenters. The number of likely N-dealkylation sites (tertiary alicyclic amines) is 1. The summed E-state index contributed by atoms with van der Waals surface area (Å²) in [6, 6.07) is 0. The highest BCUT2D eigenvalue weighted by atomic mass is 16.5. The lowest BCUT2D eigenvalue weighted by atomic mass is 9.95. The summed E-state index contributed by atoms with van der Waals surface area (Å²) in [5.74, 6) is 0.933. The summed E-state index contributed by atoms with van der Waals surface area (Å²) in [6.45, 7) is 12.5. The second kappa shape index (κ2) is 9.17. The molecule has 1 rings (SSSR count). The quantitative estimate of drug-likeness (QED) is 0.573. The Morgan fingerprint density at radius 3 is 2.55 bits per heavy atom. The average Bonchev–Trinajstić information content (AvgIpc) is 2.39. The fourth-order valence-corrected chi connectivity index (χ4v) is 2.98. The van der Waals surface area contributed by atoms with Gasteiger partial charge in [-0.1, -0.05) is 18.6 Å². The van der Waals surface area contributed by atoms with E-state index in [4.69, 9.17) is 4.74 Å². The fourth-order valence-electron chi connectivity index (χ4n) is 2.98. The Morgan fingerprint density at radius 2 is 2.00 bits per heavy atom. The van der Waals surface area contributed by atoms with E-state index in [0.717, 1.165) is 31.8 Å². The summed E-state index contributed by atoms with van der Waals surface area (Å²) < 4.78 is 5.12. The van der Waals surface area contributed by atoms with Crippen LogP contribution in [0.2, 0.25) is 0 Å². The lowest BCUT2D eigenvalue weighted by Gasteiger charge is -2.29. The van der Waals surface area contributed by atoms with Crippen LogP contribution < -0.4 is 4.90 Å². The van der Waals surface area contributed by atoms with Crippen molar-refractivity contribution in [2.75, 3.05) is 26.2 Å². The monoisotopic (exact) mass is 282 g/mol. The first kappa shape index (κ1) is 17.2. The van der Waals surface area contributed by atoms with E-state index < -0.39 is 0 Å². The molecule has 0 saturated carbocycles. The molecule has 1 fully saturated rings. The van der Waals surface area contributed by atoms with Crippen LogP contribution in [0.5, 0.6) is 0 Å². The first-order valence-corrected chi connectivity index (χ1v) is 8.16. The highest BCUT2D eigenvalue weighted by Gasteiger charge is 2.28. The molecule has 0 aromatic carbocycles. The minimum atomic E-state index is 0.0168. The van der Waals surface area contributed by atoms with Crippen LogP contribution in [0.25, 0.3) is 0 Å². The maximum absolute atomic E-state index is 11.7. The molecule has 20 heavy (non-hydrogen) atoms. The van der Waals surface area contributed by atoms with Crippen molar-refractivity contribution in [1.82, 2.24) is 0 Å². The number of carbonyl (C=O) groups excluding carboxylic acids is 1. The molecule has 1 N–H and O–H groups in total. The molecule has 3 nitrogen and oxygen atoms in total. The molecule has 1 heterocycles. The summed E-state index contributed by atoms with van der Waals surface area (Å²) >= 11 is 0. The van der Waals surface area contributed by atoms with Crippen molar-refractivity contribution < 1.29 is 14.4 Å². The largest absolute Gasteiger partial charge is 0.466 e. The smallest absolute Gasteiger partial charge is 0.309 e. The van der Waals surface area contributed by atoms with Crippen molar-refractivity contribution in [2.45, 2.75) is 53.4 Å². The normalized spacial score (nSPS) is 24.0. The predicted octanol–water partition coefficient (Wildman–Crippen LogP) is 2.23. The van der Waals surface area contributed by atoms with Gasteiger partial charge in [-0.05, 0) is 33.6 Å². The van der Waals surface area contributed by atoms with Gasteiger partial charge in [-0.3, -0.25) is 4.79 Å². The van der Waals surface area contributed by atoms with Gasteiger partial charge in [0.2, 0.25) is 0 Å². The number of nitrogens with one attached hydrogen (secondary N) is 1. The van der Waals surface area contributed by atoms with E-state index in [2.05, 4.69) is 26.8 Å². The first-order chi connectivity index (χ1) is 9.52. The summed E-state index contributed by atoms with van der Waals surface area (Å²) in [6.07, 6.45) is 6.79. The van der Waals surface area contributed by atoms with Crippen LogP contribution in [-0.2, 0) is 9.53 Å². The predicted molar refractivity (Wildman–Crippen MR) is 82.7 cm³/mol. The molecule has 0 bridgehead atoms. The molecule has 0 aromatic heterocycles. The molecule has 3 heteroatoms. The summed E-state index contributed by atoms with van der Waals surface area (Å²) in [5.41, 5.74) is 1.42. The van der Waals surface area contributed by atoms with Gasteiger partial charge in [-0.15, -0.1) is 0 Å². The molecule has 0 aromatic rings. The minimum Gasteiger partial charge on any atom is -0.466 e. The van der Waals surface area contributed by atoms with Gasteiger partial charge < -0.3 is 9.64 Å². The van der Waals surface area contributed by atoms with Gasteiger partial charge in [0.25, 0.3) is 0 Å². The van der Waals surface area contributed by atoms with Gasteiger partial charge in [0.15, 0.2) is 0 Å². The van der Waals surface area contributed by atoms with E-state index in [1.54, 1.807) is 4.90 Å². The topological polar surface area (TPSA) is 30.7 Å². The number of rotatable bonds is 7. The summed E-state index contributed by atoms with van der Waals surface area (Å²) in [4.78, 5) is 13.4. The molecule has 0 radical (unpaired) electrons. The van der Waals surface area contributed by atoms with Crippen LogP contribution in [0.4, 0.5) is 0 Å². The van der Waals surface area contributed by atoms with Crippen LogP contribution in [0.3, 0.4) is 0 Å². The van der Waals surface area contributed by atoms with Gasteiger partial charge in [-0.25, -0.2) is 0 Å². The van der Waals surface area contributed by atoms with Crippen molar-refractivity contribution in [3.8, 4) is 0 Å². The van der Waals surface area contributed by atoms with Gasteiger partial charge in [0.1, 0.15) is 0 Å². The Morgan fingerprint density at radius 1 is 1.35 bits per heavy atom. The van der Waals surface area contributed by atoms with Gasteiger partial charge in [0.05, 0.1) is 32.2 Å². The number of ether oxygens (including phenoxy) is 1. The van der Waals surface area contributed by atoms with Crippen LogP contribution in [-0.4, -0.2) is 32.2 Å². The Bertz CT molecular complexity index is 313. The zero-order valence-corrected chi connectivity index (χ0v) is 13.7. The van der Waals surface area contributed by atoms with E-state index in [1.807, 2.05) is 6.92 Å². The molecule has 116 valence electrons. The third kappa shape index (κ3) is 6.56. The third-order valence-electron chi connectivity index (χ3n) is 4.16. The Hall–Kier alpha value is -0.830. The molecular weight excluding hydrogens is 250 g/mol. The van der Waals surface area contributed by atoms with Gasteiger partial charge in [0, 0.05) is 18.8 Å². The Kier molecular flexibility index (Phi) is 7.90. The van der Waals surface area contributed by atoms with Gasteiger partial charge in [-0.2, -0.15) is 0 Å².